The van der Waals surface area contributed by atoms with Gasteiger partial charge in [-0.2, -0.15) is 0 Å². The van der Waals surface area contributed by atoms with Crippen LogP contribution < -0.4 is 11.3 Å². The minimum atomic E-state index is -0.812. The third-order valence-electron chi connectivity index (χ3n) is 6.09. The number of hydrogen-bond acceptors (Lipinski definition) is 5. The van der Waals surface area contributed by atoms with Crippen molar-refractivity contribution in [2.75, 3.05) is 13.1 Å². The quantitative estimate of drug-likeness (QED) is 0.483. The van der Waals surface area contributed by atoms with Gasteiger partial charge in [0.2, 0.25) is 5.78 Å². The lowest BCUT2D eigenvalue weighted by atomic mass is 10.1. The Kier molecular flexibility index (Phi) is 5.70. The molecule has 0 spiro atoms. The highest BCUT2D eigenvalue weighted by molar-refractivity contribution is 6.31. The van der Waals surface area contributed by atoms with E-state index in [0.717, 1.165) is 5.56 Å². The van der Waals surface area contributed by atoms with Crippen LogP contribution in [-0.2, 0) is 11.3 Å². The first-order valence-electron chi connectivity index (χ1n) is 10.9. The van der Waals surface area contributed by atoms with Crippen molar-refractivity contribution in [3.8, 4) is 0 Å². The van der Waals surface area contributed by atoms with Crippen molar-refractivity contribution in [1.82, 2.24) is 18.9 Å². The number of imidazole rings is 1. The summed E-state index contributed by atoms with van der Waals surface area (Å²) in [6.45, 7) is 1.04. The smallest absolute Gasteiger partial charge is 0.404 e. The Morgan fingerprint density at radius 1 is 1.09 bits per heavy atom. The molecule has 0 bridgehead atoms. The fourth-order valence-corrected chi connectivity index (χ4v) is 4.58. The molecule has 2 amide bonds. The number of ether oxygens (including phenoxy) is 1. The number of nitrogens with zero attached hydrogens (tertiary/aromatic N) is 4. The van der Waals surface area contributed by atoms with E-state index in [4.69, 9.17) is 22.1 Å². The van der Waals surface area contributed by atoms with E-state index >= 15 is 0 Å². The van der Waals surface area contributed by atoms with E-state index in [0.29, 0.717) is 47.6 Å². The monoisotopic (exact) mass is 479 g/mol. The molecule has 0 unspecified atom stereocenters. The molecule has 0 saturated carbocycles. The van der Waals surface area contributed by atoms with Crippen LogP contribution in [0.1, 0.15) is 28.9 Å². The Morgan fingerprint density at radius 2 is 1.79 bits per heavy atom. The summed E-state index contributed by atoms with van der Waals surface area (Å²) in [4.78, 5) is 43.9. The minimum Gasteiger partial charge on any atom is -0.446 e. The highest BCUT2D eigenvalue weighted by Crippen LogP contribution is 2.21. The molecule has 1 fully saturated rings. The Balaban J connectivity index is 1.55. The van der Waals surface area contributed by atoms with Gasteiger partial charge in [-0.25, -0.2) is 9.78 Å². The van der Waals surface area contributed by atoms with Crippen LogP contribution in [0.25, 0.3) is 16.7 Å². The first kappa shape index (κ1) is 22.0. The minimum absolute atomic E-state index is 0.211. The van der Waals surface area contributed by atoms with Crippen molar-refractivity contribution in [2.45, 2.75) is 25.5 Å². The number of para-hydroxylation sites is 1. The predicted molar refractivity (Wildman–Crippen MR) is 127 cm³/mol. The summed E-state index contributed by atoms with van der Waals surface area (Å²) in [6.07, 6.45) is 1.56. The largest absolute Gasteiger partial charge is 0.446 e. The molecular formula is C24H22ClN5O4. The summed E-state index contributed by atoms with van der Waals surface area (Å²) in [6, 6.07) is 14.5. The van der Waals surface area contributed by atoms with Crippen molar-refractivity contribution < 1.29 is 14.3 Å². The van der Waals surface area contributed by atoms with Gasteiger partial charge in [0, 0.05) is 37.2 Å². The van der Waals surface area contributed by atoms with Gasteiger partial charge in [-0.3, -0.25) is 18.6 Å². The molecule has 5 rings (SSSR count). The Bertz CT molecular complexity index is 1470. The molecule has 1 aliphatic heterocycles. The molecule has 2 aromatic carbocycles. The first-order chi connectivity index (χ1) is 16.4. The number of rotatable bonds is 4. The summed E-state index contributed by atoms with van der Waals surface area (Å²) < 4.78 is 8.35. The predicted octanol–water partition coefficient (Wildman–Crippen LogP) is 3.05. The molecule has 4 aromatic rings. The SMILES string of the molecule is NC(=O)OC1CCN(C(=O)c2cn3c4ccccc4c(=O)n(Cc4ccccc4Cl)c3n2)CC1. The molecule has 1 aliphatic rings. The lowest BCUT2D eigenvalue weighted by molar-refractivity contribution is 0.0451. The van der Waals surface area contributed by atoms with Gasteiger partial charge in [0.05, 0.1) is 17.4 Å². The Labute approximate surface area is 199 Å². The molecule has 2 aromatic heterocycles. The Morgan fingerprint density at radius 3 is 2.53 bits per heavy atom. The highest BCUT2D eigenvalue weighted by atomic mass is 35.5. The molecule has 2 N–H and O–H groups in total. The molecule has 34 heavy (non-hydrogen) atoms. The topological polar surface area (TPSA) is 112 Å². The number of piperidine rings is 1. The van der Waals surface area contributed by atoms with E-state index in [9.17, 15) is 14.4 Å². The number of carbonyl (C=O) groups is 2. The lowest BCUT2D eigenvalue weighted by Gasteiger charge is -2.30. The van der Waals surface area contributed by atoms with Crippen molar-refractivity contribution >= 4 is 40.3 Å². The molecule has 174 valence electrons. The molecule has 9 nitrogen and oxygen atoms in total. The fraction of sp³-hybridized carbons (Fsp3) is 0.250. The van der Waals surface area contributed by atoms with E-state index in [1.54, 1.807) is 33.7 Å². The maximum absolute atomic E-state index is 13.4. The third kappa shape index (κ3) is 3.99. The molecule has 10 heteroatoms. The second kappa shape index (κ2) is 8.83. The van der Waals surface area contributed by atoms with Gasteiger partial charge in [0.25, 0.3) is 11.5 Å². The number of amides is 2. The van der Waals surface area contributed by atoms with E-state index in [1.165, 1.54) is 4.57 Å². The number of carbonyl (C=O) groups excluding carboxylic acids is 2. The van der Waals surface area contributed by atoms with Gasteiger partial charge in [-0.05, 0) is 23.8 Å². The molecule has 0 radical (unpaired) electrons. The molecule has 3 heterocycles. The number of primary amides is 1. The third-order valence-corrected chi connectivity index (χ3v) is 6.45. The van der Waals surface area contributed by atoms with E-state index in [2.05, 4.69) is 4.98 Å². The van der Waals surface area contributed by atoms with Crippen molar-refractivity contribution in [1.29, 1.82) is 0 Å². The number of halogens is 1. The van der Waals surface area contributed by atoms with Gasteiger partial charge < -0.3 is 15.4 Å². The van der Waals surface area contributed by atoms with Crippen molar-refractivity contribution in [3.05, 3.63) is 81.4 Å². The van der Waals surface area contributed by atoms with Crippen LogP contribution in [0.2, 0.25) is 5.02 Å². The van der Waals surface area contributed by atoms with E-state index in [1.807, 2.05) is 30.3 Å². The second-order valence-electron chi connectivity index (χ2n) is 8.22. The van der Waals surface area contributed by atoms with Crippen LogP contribution in [0.3, 0.4) is 0 Å². The number of likely N-dealkylation sites (tertiary alicyclic amines) is 1. The maximum atomic E-state index is 13.4. The van der Waals surface area contributed by atoms with Gasteiger partial charge >= 0.3 is 6.09 Å². The first-order valence-corrected chi connectivity index (χ1v) is 11.3. The van der Waals surface area contributed by atoms with E-state index < -0.39 is 6.09 Å². The normalized spacial score (nSPS) is 14.6. The Hall–Kier alpha value is -3.85. The second-order valence-corrected chi connectivity index (χ2v) is 8.63. The van der Waals surface area contributed by atoms with Crippen LogP contribution in [-0.4, -0.2) is 50.0 Å². The number of fused-ring (bicyclic) bond motifs is 3. The number of hydrogen-bond donors (Lipinski definition) is 1. The maximum Gasteiger partial charge on any atom is 0.404 e. The highest BCUT2D eigenvalue weighted by Gasteiger charge is 2.27. The van der Waals surface area contributed by atoms with Gasteiger partial charge in [0.1, 0.15) is 11.8 Å². The van der Waals surface area contributed by atoms with Gasteiger partial charge in [-0.1, -0.05) is 41.9 Å². The molecule has 0 atom stereocenters. The van der Waals surface area contributed by atoms with Crippen LogP contribution in [0.15, 0.2) is 59.5 Å². The summed E-state index contributed by atoms with van der Waals surface area (Å²) in [5, 5.41) is 1.06. The summed E-state index contributed by atoms with van der Waals surface area (Å²) in [5.74, 6) is 0.112. The standard InChI is InChI=1S/C24H22ClN5O4/c25-18-7-3-1-5-15(18)13-30-21(31)17-6-2-4-8-20(17)29-14-19(27-24(29)30)22(32)28-11-9-16(10-12-28)34-23(26)33/h1-8,14,16H,9-13H2,(H2,26,33). The average molecular weight is 480 g/mol. The average Bonchev–Trinajstić information content (AvgIpc) is 3.28. The van der Waals surface area contributed by atoms with Crippen LogP contribution in [0, 0.1) is 0 Å². The van der Waals surface area contributed by atoms with Gasteiger partial charge in [-0.15, -0.1) is 0 Å². The number of aromatic nitrogens is 3. The lowest BCUT2D eigenvalue weighted by Crippen LogP contribution is -2.42. The van der Waals surface area contributed by atoms with Crippen LogP contribution >= 0.6 is 11.6 Å². The molecule has 1 saturated heterocycles. The summed E-state index contributed by atoms with van der Waals surface area (Å²) in [5.41, 5.74) is 6.56. The molecular weight excluding hydrogens is 458 g/mol. The summed E-state index contributed by atoms with van der Waals surface area (Å²) in [7, 11) is 0. The zero-order valence-corrected chi connectivity index (χ0v) is 18.9. The fourth-order valence-electron chi connectivity index (χ4n) is 4.38. The number of benzene rings is 2. The molecule has 0 aliphatic carbocycles. The van der Waals surface area contributed by atoms with E-state index in [-0.39, 0.29) is 29.8 Å². The zero-order chi connectivity index (χ0) is 23.8. The zero-order valence-electron chi connectivity index (χ0n) is 18.2. The summed E-state index contributed by atoms with van der Waals surface area (Å²) >= 11 is 6.35. The number of nitrogens with two attached hydrogens (primary N) is 1. The van der Waals surface area contributed by atoms with Crippen LogP contribution in [0.4, 0.5) is 4.79 Å². The van der Waals surface area contributed by atoms with Crippen LogP contribution in [0.5, 0.6) is 0 Å². The van der Waals surface area contributed by atoms with Gasteiger partial charge in [0.15, 0.2) is 0 Å². The van der Waals surface area contributed by atoms with Crippen molar-refractivity contribution in [2.24, 2.45) is 5.73 Å². The van der Waals surface area contributed by atoms with Crippen molar-refractivity contribution in [3.63, 3.8) is 0 Å².